The molecule has 0 heterocycles. The lowest BCUT2D eigenvalue weighted by atomic mass is 9.99. The third-order valence-corrected chi connectivity index (χ3v) is 4.39. The van der Waals surface area contributed by atoms with E-state index in [9.17, 15) is 14.4 Å². The number of rotatable bonds is 9. The Morgan fingerprint density at radius 2 is 1.81 bits per heavy atom. The van der Waals surface area contributed by atoms with Crippen molar-refractivity contribution >= 4 is 35.1 Å². The summed E-state index contributed by atoms with van der Waals surface area (Å²) in [5.74, 6) is -1.09. The lowest BCUT2D eigenvalue weighted by Gasteiger charge is -2.22. The van der Waals surface area contributed by atoms with Crippen LogP contribution >= 0.6 is 11.6 Å². The second-order valence-electron chi connectivity index (χ2n) is 6.29. The minimum atomic E-state index is -0.692. The average molecular weight is 385 g/mol. The fraction of sp³-hybridized carbons (Fsp3) is 0.500. The Morgan fingerprint density at radius 3 is 2.38 bits per heavy atom. The third-order valence-electron chi connectivity index (χ3n) is 4.06. The monoisotopic (exact) mass is 384 g/mol. The number of hydrogen-bond acceptors (Lipinski definition) is 4. The van der Waals surface area contributed by atoms with Gasteiger partial charge in [0.15, 0.2) is 13.1 Å². The summed E-state index contributed by atoms with van der Waals surface area (Å²) < 4.78 is 4.75. The zero-order valence-electron chi connectivity index (χ0n) is 15.6. The largest absolute Gasteiger partial charge is 0.467 e. The molecule has 8 heteroatoms. The van der Waals surface area contributed by atoms with Gasteiger partial charge in [-0.25, -0.2) is 4.79 Å². The maximum atomic E-state index is 12.2. The molecule has 1 aromatic carbocycles. The van der Waals surface area contributed by atoms with Crippen molar-refractivity contribution in [3.63, 3.8) is 0 Å². The number of carbonyl (C=O) groups is 3. The highest BCUT2D eigenvalue weighted by molar-refractivity contribution is 6.33. The second kappa shape index (κ2) is 10.8. The molecule has 3 N–H and O–H groups in total. The highest BCUT2D eigenvalue weighted by Gasteiger charge is 2.27. The van der Waals surface area contributed by atoms with Crippen molar-refractivity contribution in [1.82, 2.24) is 5.32 Å². The summed E-state index contributed by atoms with van der Waals surface area (Å²) in [6.07, 6.45) is 0.725. The van der Waals surface area contributed by atoms with E-state index in [0.717, 1.165) is 6.42 Å². The summed E-state index contributed by atoms with van der Waals surface area (Å²) in [6.45, 7) is 3.95. The molecule has 0 bridgehead atoms. The summed E-state index contributed by atoms with van der Waals surface area (Å²) >= 11 is 6.00. The Kier molecular flexibility index (Phi) is 9.09. The number of quaternary nitrogens is 1. The van der Waals surface area contributed by atoms with Gasteiger partial charge in [-0.15, -0.1) is 0 Å². The topological polar surface area (TPSA) is 88.9 Å². The van der Waals surface area contributed by atoms with Crippen molar-refractivity contribution in [2.45, 2.75) is 26.3 Å². The van der Waals surface area contributed by atoms with Crippen molar-refractivity contribution in [3.8, 4) is 0 Å². The molecule has 0 spiro atoms. The minimum absolute atomic E-state index is 0.0461. The van der Waals surface area contributed by atoms with Gasteiger partial charge in [-0.1, -0.05) is 44.0 Å². The number of nitrogens with one attached hydrogen (secondary N) is 3. The van der Waals surface area contributed by atoms with Crippen LogP contribution in [0.2, 0.25) is 5.02 Å². The Labute approximate surface area is 159 Å². The molecule has 26 heavy (non-hydrogen) atoms. The van der Waals surface area contributed by atoms with E-state index in [1.54, 1.807) is 31.3 Å². The molecule has 0 saturated heterocycles. The first-order valence-electron chi connectivity index (χ1n) is 8.51. The van der Waals surface area contributed by atoms with E-state index in [-0.39, 0.29) is 30.8 Å². The minimum Gasteiger partial charge on any atom is -0.467 e. The van der Waals surface area contributed by atoms with E-state index in [0.29, 0.717) is 15.6 Å². The molecule has 0 aromatic heterocycles. The van der Waals surface area contributed by atoms with E-state index in [2.05, 4.69) is 10.6 Å². The molecule has 0 aliphatic rings. The van der Waals surface area contributed by atoms with E-state index < -0.39 is 12.0 Å². The summed E-state index contributed by atoms with van der Waals surface area (Å²) in [7, 11) is 3.02. The van der Waals surface area contributed by atoms with Crippen LogP contribution < -0.4 is 15.5 Å². The molecule has 3 atom stereocenters. The van der Waals surface area contributed by atoms with Gasteiger partial charge < -0.3 is 20.3 Å². The molecule has 1 unspecified atom stereocenters. The van der Waals surface area contributed by atoms with Gasteiger partial charge in [0.1, 0.15) is 6.04 Å². The first kappa shape index (κ1) is 21.9. The Morgan fingerprint density at radius 1 is 1.19 bits per heavy atom. The van der Waals surface area contributed by atoms with Crippen LogP contribution in [0.5, 0.6) is 0 Å². The number of esters is 1. The Bertz CT molecular complexity index is 639. The van der Waals surface area contributed by atoms with Crippen molar-refractivity contribution in [3.05, 3.63) is 29.3 Å². The number of amides is 2. The molecular weight excluding hydrogens is 358 g/mol. The summed E-state index contributed by atoms with van der Waals surface area (Å²) in [5, 5.41) is 5.86. The van der Waals surface area contributed by atoms with Crippen molar-refractivity contribution in [1.29, 1.82) is 0 Å². The van der Waals surface area contributed by atoms with Crippen LogP contribution in [0.4, 0.5) is 5.69 Å². The fourth-order valence-electron chi connectivity index (χ4n) is 2.39. The van der Waals surface area contributed by atoms with E-state index in [4.69, 9.17) is 16.3 Å². The summed E-state index contributed by atoms with van der Waals surface area (Å²) in [6, 6.07) is 6.24. The zero-order valence-corrected chi connectivity index (χ0v) is 16.4. The Hall–Kier alpha value is -2.12. The number of hydrogen-bond donors (Lipinski definition) is 3. The van der Waals surface area contributed by atoms with E-state index in [1.807, 2.05) is 13.8 Å². The highest BCUT2D eigenvalue weighted by Crippen LogP contribution is 2.19. The standard InChI is InChI=1S/C18H26ClN3O4/c1-5-12(2)17(18(25)26-4)21-16(24)11-22(3)10-15(23)20-14-9-7-6-8-13(14)19/h6-9,12,17H,5,10-11H2,1-4H3,(H,20,23)(H,21,24)/p+1/t12-,17-/m1/s1. The van der Waals surface area contributed by atoms with Crippen LogP contribution in [-0.2, 0) is 19.1 Å². The lowest BCUT2D eigenvalue weighted by molar-refractivity contribution is -0.862. The van der Waals surface area contributed by atoms with Crippen LogP contribution in [-0.4, -0.2) is 51.1 Å². The number of carbonyl (C=O) groups excluding carboxylic acids is 3. The van der Waals surface area contributed by atoms with Gasteiger partial charge in [0, 0.05) is 0 Å². The molecule has 0 radical (unpaired) electrons. The average Bonchev–Trinajstić information content (AvgIpc) is 2.60. The molecule has 0 saturated carbocycles. The number of halogens is 1. The van der Waals surface area contributed by atoms with Crippen molar-refractivity contribution < 1.29 is 24.0 Å². The van der Waals surface area contributed by atoms with E-state index in [1.165, 1.54) is 7.11 Å². The summed E-state index contributed by atoms with van der Waals surface area (Å²) in [5.41, 5.74) is 0.527. The highest BCUT2D eigenvalue weighted by atomic mass is 35.5. The Balaban J connectivity index is 2.54. The number of para-hydroxylation sites is 1. The first-order chi connectivity index (χ1) is 12.3. The second-order valence-corrected chi connectivity index (χ2v) is 6.70. The first-order valence-corrected chi connectivity index (χ1v) is 8.89. The predicted octanol–water partition coefficient (Wildman–Crippen LogP) is 0.497. The van der Waals surface area contributed by atoms with Crippen LogP contribution in [0.25, 0.3) is 0 Å². The smallest absolute Gasteiger partial charge is 0.328 e. The third kappa shape index (κ3) is 7.01. The number of anilines is 1. The lowest BCUT2D eigenvalue weighted by Crippen LogP contribution is -3.11. The number of benzene rings is 1. The van der Waals surface area contributed by atoms with Crippen molar-refractivity contribution in [2.75, 3.05) is 32.6 Å². The normalized spacial score (nSPS) is 14.0. The molecule has 7 nitrogen and oxygen atoms in total. The quantitative estimate of drug-likeness (QED) is 0.541. The van der Waals surface area contributed by atoms with Gasteiger partial charge in [0.25, 0.3) is 11.8 Å². The SMILES string of the molecule is CC[C@@H](C)[C@@H](NC(=O)C[NH+](C)CC(=O)Nc1ccccc1Cl)C(=O)OC. The molecular formula is C18H27ClN3O4+. The van der Waals surface area contributed by atoms with Crippen LogP contribution in [0.1, 0.15) is 20.3 Å². The molecule has 0 fully saturated rings. The predicted molar refractivity (Wildman–Crippen MR) is 100 cm³/mol. The zero-order chi connectivity index (χ0) is 19.7. The van der Waals surface area contributed by atoms with Crippen LogP contribution in [0, 0.1) is 5.92 Å². The van der Waals surface area contributed by atoms with Gasteiger partial charge >= 0.3 is 5.97 Å². The molecule has 1 aromatic rings. The maximum absolute atomic E-state index is 12.2. The maximum Gasteiger partial charge on any atom is 0.328 e. The number of likely N-dealkylation sites (N-methyl/N-ethyl adjacent to an activating group) is 1. The number of methoxy groups -OCH3 is 1. The molecule has 2 amide bonds. The number of ether oxygens (including phenoxy) is 1. The molecule has 0 aliphatic carbocycles. The molecule has 0 aliphatic heterocycles. The van der Waals surface area contributed by atoms with E-state index >= 15 is 0 Å². The van der Waals surface area contributed by atoms with Crippen LogP contribution in [0.3, 0.4) is 0 Å². The van der Waals surface area contributed by atoms with Gasteiger partial charge in [-0.2, -0.15) is 0 Å². The van der Waals surface area contributed by atoms with Crippen LogP contribution in [0.15, 0.2) is 24.3 Å². The fourth-order valence-corrected chi connectivity index (χ4v) is 2.57. The van der Waals surface area contributed by atoms with Gasteiger partial charge in [-0.3, -0.25) is 9.59 Å². The molecule has 1 rings (SSSR count). The van der Waals surface area contributed by atoms with Crippen molar-refractivity contribution in [2.24, 2.45) is 5.92 Å². The van der Waals surface area contributed by atoms with Gasteiger partial charge in [0.05, 0.1) is 24.9 Å². The van der Waals surface area contributed by atoms with Gasteiger partial charge in [0.2, 0.25) is 0 Å². The molecule has 144 valence electrons. The van der Waals surface area contributed by atoms with Gasteiger partial charge in [-0.05, 0) is 18.1 Å². The summed E-state index contributed by atoms with van der Waals surface area (Å²) in [4.78, 5) is 36.8.